The van der Waals surface area contributed by atoms with E-state index >= 15 is 0 Å². The van der Waals surface area contributed by atoms with Crippen LogP contribution in [0, 0.1) is 0 Å². The monoisotopic (exact) mass is 299 g/mol. The lowest BCUT2D eigenvalue weighted by molar-refractivity contribution is 0.103. The lowest BCUT2D eigenvalue weighted by atomic mass is 10.0. The molecule has 3 aromatic rings. The number of aromatic amines is 1. The number of aromatic nitrogens is 1. The van der Waals surface area contributed by atoms with Gasteiger partial charge in [0, 0.05) is 27.3 Å². The molecular weight excluding hydrogens is 290 g/mol. The van der Waals surface area contributed by atoms with Gasteiger partial charge in [-0.2, -0.15) is 0 Å². The summed E-state index contributed by atoms with van der Waals surface area (Å²) < 4.78 is 0.911. The molecule has 0 aliphatic heterocycles. The number of carbonyl (C=O) groups excluding carboxylic acids is 1. The average Bonchev–Trinajstić information content (AvgIpc) is 2.85. The third kappa shape index (κ3) is 1.97. The molecule has 0 saturated heterocycles. The predicted molar refractivity (Wildman–Crippen MR) is 75.9 cm³/mol. The van der Waals surface area contributed by atoms with Gasteiger partial charge in [0.15, 0.2) is 5.78 Å². The Morgan fingerprint density at radius 3 is 2.67 bits per heavy atom. The molecule has 1 aromatic heterocycles. The topological polar surface area (TPSA) is 32.9 Å². The highest BCUT2D eigenvalue weighted by molar-refractivity contribution is 9.10. The molecule has 0 aliphatic rings. The van der Waals surface area contributed by atoms with Gasteiger partial charge in [0.1, 0.15) is 0 Å². The van der Waals surface area contributed by atoms with Crippen molar-refractivity contribution in [3.05, 3.63) is 70.3 Å². The summed E-state index contributed by atoms with van der Waals surface area (Å²) in [6, 6.07) is 15.1. The van der Waals surface area contributed by atoms with E-state index in [-0.39, 0.29) is 5.78 Å². The zero-order chi connectivity index (χ0) is 12.5. The molecule has 88 valence electrons. The van der Waals surface area contributed by atoms with Crippen molar-refractivity contribution in [1.82, 2.24) is 4.98 Å². The fourth-order valence-electron chi connectivity index (χ4n) is 1.99. The fourth-order valence-corrected chi connectivity index (χ4v) is 2.38. The highest BCUT2D eigenvalue weighted by atomic mass is 79.9. The summed E-state index contributed by atoms with van der Waals surface area (Å²) in [6.07, 6.45) is 1.87. The van der Waals surface area contributed by atoms with E-state index < -0.39 is 0 Å². The Morgan fingerprint density at radius 2 is 1.83 bits per heavy atom. The highest BCUT2D eigenvalue weighted by Gasteiger charge is 2.10. The van der Waals surface area contributed by atoms with Crippen molar-refractivity contribution in [2.45, 2.75) is 0 Å². The van der Waals surface area contributed by atoms with Crippen molar-refractivity contribution >= 4 is 32.6 Å². The van der Waals surface area contributed by atoms with Gasteiger partial charge in [0.25, 0.3) is 0 Å². The van der Waals surface area contributed by atoms with E-state index in [1.165, 1.54) is 0 Å². The summed E-state index contributed by atoms with van der Waals surface area (Å²) >= 11 is 3.38. The third-order valence-corrected chi connectivity index (χ3v) is 3.40. The van der Waals surface area contributed by atoms with Gasteiger partial charge >= 0.3 is 0 Å². The molecule has 0 bridgehead atoms. The first-order valence-electron chi connectivity index (χ1n) is 5.61. The largest absolute Gasteiger partial charge is 0.361 e. The Balaban J connectivity index is 2.06. The molecule has 0 unspecified atom stereocenters. The van der Waals surface area contributed by atoms with Crippen LogP contribution >= 0.6 is 15.9 Å². The number of ketones is 1. The van der Waals surface area contributed by atoms with Crippen LogP contribution in [0.25, 0.3) is 10.9 Å². The zero-order valence-electron chi connectivity index (χ0n) is 9.48. The number of halogens is 1. The molecule has 2 aromatic carbocycles. The standard InChI is InChI=1S/C15H10BrNO/c16-13-3-1-2-11(8-13)15(18)12-5-4-10-6-7-17-14(10)9-12/h1-9,17H. The molecule has 3 rings (SSSR count). The summed E-state index contributed by atoms with van der Waals surface area (Å²) in [5.74, 6) is 0.0350. The van der Waals surface area contributed by atoms with Gasteiger partial charge in [-0.1, -0.05) is 40.2 Å². The minimum atomic E-state index is 0.0350. The van der Waals surface area contributed by atoms with Gasteiger partial charge in [-0.05, 0) is 29.7 Å². The minimum absolute atomic E-state index is 0.0350. The van der Waals surface area contributed by atoms with Gasteiger partial charge < -0.3 is 4.98 Å². The number of hydrogen-bond donors (Lipinski definition) is 1. The zero-order valence-corrected chi connectivity index (χ0v) is 11.1. The lowest BCUT2D eigenvalue weighted by Gasteiger charge is -2.02. The first-order valence-corrected chi connectivity index (χ1v) is 6.41. The lowest BCUT2D eigenvalue weighted by Crippen LogP contribution is -2.00. The smallest absolute Gasteiger partial charge is 0.193 e. The Morgan fingerprint density at radius 1 is 1.00 bits per heavy atom. The molecule has 1 N–H and O–H groups in total. The summed E-state index contributed by atoms with van der Waals surface area (Å²) in [5, 5.41) is 1.11. The Bertz CT molecular complexity index is 730. The van der Waals surface area contributed by atoms with E-state index in [4.69, 9.17) is 0 Å². The second-order valence-electron chi connectivity index (χ2n) is 4.12. The molecule has 0 spiro atoms. The number of nitrogens with one attached hydrogen (secondary N) is 1. The molecule has 3 heteroatoms. The normalized spacial score (nSPS) is 10.7. The van der Waals surface area contributed by atoms with E-state index in [0.29, 0.717) is 11.1 Å². The van der Waals surface area contributed by atoms with E-state index in [2.05, 4.69) is 20.9 Å². The number of benzene rings is 2. The molecule has 0 aliphatic carbocycles. The van der Waals surface area contributed by atoms with Crippen LogP contribution in [-0.4, -0.2) is 10.8 Å². The van der Waals surface area contributed by atoms with Gasteiger partial charge in [0.2, 0.25) is 0 Å². The SMILES string of the molecule is O=C(c1cccc(Br)c1)c1ccc2cc[nH]c2c1. The molecule has 0 radical (unpaired) electrons. The van der Waals surface area contributed by atoms with E-state index in [9.17, 15) is 4.79 Å². The number of hydrogen-bond acceptors (Lipinski definition) is 1. The Labute approximate surface area is 113 Å². The number of carbonyl (C=O) groups is 1. The Hall–Kier alpha value is -1.87. The minimum Gasteiger partial charge on any atom is -0.361 e. The van der Waals surface area contributed by atoms with Crippen molar-refractivity contribution in [2.75, 3.05) is 0 Å². The highest BCUT2D eigenvalue weighted by Crippen LogP contribution is 2.19. The van der Waals surface area contributed by atoms with Crippen LogP contribution in [-0.2, 0) is 0 Å². The molecule has 2 nitrogen and oxygen atoms in total. The average molecular weight is 300 g/mol. The Kier molecular flexibility index (Phi) is 2.76. The maximum Gasteiger partial charge on any atom is 0.193 e. The number of rotatable bonds is 2. The van der Waals surface area contributed by atoms with Crippen LogP contribution in [0.5, 0.6) is 0 Å². The third-order valence-electron chi connectivity index (χ3n) is 2.90. The van der Waals surface area contributed by atoms with Crippen LogP contribution in [0.15, 0.2) is 59.2 Å². The predicted octanol–water partition coefficient (Wildman–Crippen LogP) is 4.16. The number of H-pyrrole nitrogens is 1. The molecule has 0 fully saturated rings. The molecule has 0 amide bonds. The van der Waals surface area contributed by atoms with Crippen molar-refractivity contribution in [2.24, 2.45) is 0 Å². The number of fused-ring (bicyclic) bond motifs is 1. The fraction of sp³-hybridized carbons (Fsp3) is 0. The molecular formula is C15H10BrNO. The van der Waals surface area contributed by atoms with Crippen LogP contribution in [0.4, 0.5) is 0 Å². The summed E-state index contributed by atoms with van der Waals surface area (Å²) in [6.45, 7) is 0. The maximum absolute atomic E-state index is 12.3. The second kappa shape index (κ2) is 4.42. The van der Waals surface area contributed by atoms with Crippen molar-refractivity contribution < 1.29 is 4.79 Å². The maximum atomic E-state index is 12.3. The van der Waals surface area contributed by atoms with Crippen LogP contribution < -0.4 is 0 Å². The second-order valence-corrected chi connectivity index (χ2v) is 5.03. The van der Waals surface area contributed by atoms with Crippen LogP contribution in [0.3, 0.4) is 0 Å². The van der Waals surface area contributed by atoms with Gasteiger partial charge in [-0.3, -0.25) is 4.79 Å². The van der Waals surface area contributed by atoms with Gasteiger partial charge in [-0.15, -0.1) is 0 Å². The summed E-state index contributed by atoms with van der Waals surface area (Å²) in [7, 11) is 0. The van der Waals surface area contributed by atoms with Crippen molar-refractivity contribution in [1.29, 1.82) is 0 Å². The van der Waals surface area contributed by atoms with E-state index in [1.807, 2.05) is 54.7 Å². The summed E-state index contributed by atoms with van der Waals surface area (Å²) in [5.41, 5.74) is 2.37. The molecule has 0 atom stereocenters. The molecule has 18 heavy (non-hydrogen) atoms. The van der Waals surface area contributed by atoms with Crippen molar-refractivity contribution in [3.8, 4) is 0 Å². The molecule has 1 heterocycles. The van der Waals surface area contributed by atoms with E-state index in [0.717, 1.165) is 15.4 Å². The van der Waals surface area contributed by atoms with Gasteiger partial charge in [0.05, 0.1) is 0 Å². The van der Waals surface area contributed by atoms with Crippen molar-refractivity contribution in [3.63, 3.8) is 0 Å². The first-order chi connectivity index (χ1) is 8.74. The summed E-state index contributed by atoms with van der Waals surface area (Å²) in [4.78, 5) is 15.4. The quantitative estimate of drug-likeness (QED) is 0.708. The first kappa shape index (κ1) is 11.2. The van der Waals surface area contributed by atoms with E-state index in [1.54, 1.807) is 0 Å². The van der Waals surface area contributed by atoms with Crippen LogP contribution in [0.1, 0.15) is 15.9 Å². The van der Waals surface area contributed by atoms with Gasteiger partial charge in [-0.25, -0.2) is 0 Å². The molecule has 0 saturated carbocycles. The van der Waals surface area contributed by atoms with Crippen LogP contribution in [0.2, 0.25) is 0 Å².